The molecule has 3 heterocycles. The molecule has 0 bridgehead atoms. The van der Waals surface area contributed by atoms with E-state index in [2.05, 4.69) is 20.3 Å². The van der Waals surface area contributed by atoms with E-state index in [1.54, 1.807) is 6.20 Å². The lowest BCUT2D eigenvalue weighted by Crippen LogP contribution is -2.22. The van der Waals surface area contributed by atoms with E-state index in [4.69, 9.17) is 0 Å². The van der Waals surface area contributed by atoms with Crippen LogP contribution in [0.15, 0.2) is 24.4 Å². The van der Waals surface area contributed by atoms with Crippen molar-refractivity contribution in [2.75, 3.05) is 0 Å². The van der Waals surface area contributed by atoms with Crippen LogP contribution in [0.5, 0.6) is 0 Å². The number of carbonyl (C=O) groups excluding carboxylic acids is 1. The number of hydrogen-bond acceptors (Lipinski definition) is 5. The van der Waals surface area contributed by atoms with E-state index in [-0.39, 0.29) is 5.91 Å². The molecule has 0 radical (unpaired) electrons. The number of fused-ring (bicyclic) bond motifs is 1. The average molecular weight is 312 g/mol. The van der Waals surface area contributed by atoms with Gasteiger partial charge in [0.25, 0.3) is 5.91 Å². The highest BCUT2D eigenvalue weighted by Crippen LogP contribution is 2.31. The molecule has 0 saturated carbocycles. The zero-order valence-electron chi connectivity index (χ0n) is 12.7. The summed E-state index contributed by atoms with van der Waals surface area (Å²) >= 11 is 1.41. The maximum absolute atomic E-state index is 12.4. The summed E-state index contributed by atoms with van der Waals surface area (Å²) in [5.74, 6) is 0.634. The molecule has 5 nitrogen and oxygen atoms in total. The van der Waals surface area contributed by atoms with E-state index in [1.165, 1.54) is 11.3 Å². The van der Waals surface area contributed by atoms with Gasteiger partial charge in [0.05, 0.1) is 17.1 Å². The molecule has 0 aliphatic rings. The molecule has 0 aliphatic heterocycles. The molecular formula is C16H16N4OS. The Labute approximate surface area is 132 Å². The standard InChI is InChI=1S/C16H16N4OS/c1-9-13-10(2)19-11(3)20-16(13)22-14(9)15(21)18-8-12-6-4-5-7-17-12/h4-7H,8H2,1-3H3,(H,18,21). The summed E-state index contributed by atoms with van der Waals surface area (Å²) in [7, 11) is 0. The van der Waals surface area contributed by atoms with Gasteiger partial charge in [0, 0.05) is 17.3 Å². The van der Waals surface area contributed by atoms with Gasteiger partial charge < -0.3 is 5.32 Å². The SMILES string of the molecule is Cc1nc(C)c2c(C)c(C(=O)NCc3ccccn3)sc2n1. The minimum absolute atomic E-state index is 0.0943. The zero-order valence-corrected chi connectivity index (χ0v) is 13.5. The van der Waals surface area contributed by atoms with Crippen molar-refractivity contribution in [2.24, 2.45) is 0 Å². The largest absolute Gasteiger partial charge is 0.346 e. The number of nitrogens with zero attached hydrogens (tertiary/aromatic N) is 3. The van der Waals surface area contributed by atoms with Crippen LogP contribution in [0.4, 0.5) is 0 Å². The number of aromatic nitrogens is 3. The topological polar surface area (TPSA) is 67.8 Å². The zero-order chi connectivity index (χ0) is 15.7. The third-order valence-corrected chi connectivity index (χ3v) is 4.63. The smallest absolute Gasteiger partial charge is 0.262 e. The number of thiophene rings is 1. The Bertz CT molecular complexity index is 842. The Kier molecular flexibility index (Phi) is 3.85. The maximum Gasteiger partial charge on any atom is 0.262 e. The van der Waals surface area contributed by atoms with Crippen molar-refractivity contribution in [2.45, 2.75) is 27.3 Å². The summed E-state index contributed by atoms with van der Waals surface area (Å²) in [5, 5.41) is 3.90. The first-order chi connectivity index (χ1) is 10.6. The van der Waals surface area contributed by atoms with Crippen LogP contribution in [0.3, 0.4) is 0 Å². The van der Waals surface area contributed by atoms with E-state index in [9.17, 15) is 4.79 Å². The van der Waals surface area contributed by atoms with Gasteiger partial charge in [-0.1, -0.05) is 6.07 Å². The Morgan fingerprint density at radius 2 is 2.05 bits per heavy atom. The lowest BCUT2D eigenvalue weighted by Gasteiger charge is -2.04. The summed E-state index contributed by atoms with van der Waals surface area (Å²) in [6, 6.07) is 5.64. The van der Waals surface area contributed by atoms with Crippen LogP contribution < -0.4 is 5.32 Å². The minimum atomic E-state index is -0.0943. The maximum atomic E-state index is 12.4. The second kappa shape index (κ2) is 5.81. The van der Waals surface area contributed by atoms with Gasteiger partial charge in [-0.3, -0.25) is 9.78 Å². The Hall–Kier alpha value is -2.34. The van der Waals surface area contributed by atoms with Crippen molar-refractivity contribution in [3.8, 4) is 0 Å². The van der Waals surface area contributed by atoms with Gasteiger partial charge in [0.2, 0.25) is 0 Å². The molecular weight excluding hydrogens is 296 g/mol. The molecule has 1 N–H and O–H groups in total. The lowest BCUT2D eigenvalue weighted by molar-refractivity contribution is 0.0954. The van der Waals surface area contributed by atoms with Crippen molar-refractivity contribution in [1.82, 2.24) is 20.3 Å². The summed E-state index contributed by atoms with van der Waals surface area (Å²) in [6.07, 6.45) is 1.72. The third-order valence-electron chi connectivity index (χ3n) is 3.45. The van der Waals surface area contributed by atoms with E-state index < -0.39 is 0 Å². The fourth-order valence-corrected chi connectivity index (χ4v) is 3.64. The van der Waals surface area contributed by atoms with Gasteiger partial charge in [-0.05, 0) is 38.5 Å². The van der Waals surface area contributed by atoms with Crippen LogP contribution in [-0.4, -0.2) is 20.9 Å². The number of pyridine rings is 1. The molecule has 112 valence electrons. The molecule has 0 atom stereocenters. The predicted octanol–water partition coefficient (Wildman–Crippen LogP) is 2.94. The van der Waals surface area contributed by atoms with Crippen LogP contribution in [0.2, 0.25) is 0 Å². The van der Waals surface area contributed by atoms with Gasteiger partial charge >= 0.3 is 0 Å². The first-order valence-electron chi connectivity index (χ1n) is 6.98. The van der Waals surface area contributed by atoms with Crippen molar-refractivity contribution in [3.63, 3.8) is 0 Å². The summed E-state index contributed by atoms with van der Waals surface area (Å²) < 4.78 is 0. The Morgan fingerprint density at radius 3 is 2.77 bits per heavy atom. The fourth-order valence-electron chi connectivity index (χ4n) is 2.44. The lowest BCUT2D eigenvalue weighted by atomic mass is 10.1. The normalized spacial score (nSPS) is 10.9. The Balaban J connectivity index is 1.88. The minimum Gasteiger partial charge on any atom is -0.346 e. The number of rotatable bonds is 3. The molecule has 3 rings (SSSR count). The number of carbonyl (C=O) groups is 1. The van der Waals surface area contributed by atoms with E-state index in [0.717, 1.165) is 33.0 Å². The highest BCUT2D eigenvalue weighted by Gasteiger charge is 2.18. The molecule has 0 saturated heterocycles. The van der Waals surface area contributed by atoms with Crippen LogP contribution in [0.1, 0.15) is 32.4 Å². The fraction of sp³-hybridized carbons (Fsp3) is 0.250. The number of nitrogens with one attached hydrogen (secondary N) is 1. The Morgan fingerprint density at radius 1 is 1.23 bits per heavy atom. The molecule has 3 aromatic heterocycles. The van der Waals surface area contributed by atoms with Crippen LogP contribution in [0.25, 0.3) is 10.2 Å². The molecule has 6 heteroatoms. The van der Waals surface area contributed by atoms with E-state index >= 15 is 0 Å². The first kappa shape index (κ1) is 14.6. The van der Waals surface area contributed by atoms with E-state index in [0.29, 0.717) is 11.4 Å². The quantitative estimate of drug-likeness (QED) is 0.807. The molecule has 3 aromatic rings. The van der Waals surface area contributed by atoms with Crippen molar-refractivity contribution < 1.29 is 4.79 Å². The van der Waals surface area contributed by atoms with Gasteiger partial charge in [0.15, 0.2) is 0 Å². The van der Waals surface area contributed by atoms with Gasteiger partial charge in [-0.25, -0.2) is 9.97 Å². The van der Waals surface area contributed by atoms with Gasteiger partial charge in [0.1, 0.15) is 10.7 Å². The molecule has 1 amide bonds. The molecule has 22 heavy (non-hydrogen) atoms. The summed E-state index contributed by atoms with van der Waals surface area (Å²) in [4.78, 5) is 27.0. The third kappa shape index (κ3) is 2.69. The second-order valence-corrected chi connectivity index (χ2v) is 6.10. The van der Waals surface area contributed by atoms with Crippen LogP contribution in [0, 0.1) is 20.8 Å². The van der Waals surface area contributed by atoms with Crippen LogP contribution in [-0.2, 0) is 6.54 Å². The highest BCUT2D eigenvalue weighted by molar-refractivity contribution is 7.20. The number of hydrogen-bond donors (Lipinski definition) is 1. The molecule has 0 unspecified atom stereocenters. The molecule has 0 fully saturated rings. The number of amides is 1. The van der Waals surface area contributed by atoms with Gasteiger partial charge in [-0.15, -0.1) is 11.3 Å². The van der Waals surface area contributed by atoms with Crippen molar-refractivity contribution >= 4 is 27.5 Å². The monoisotopic (exact) mass is 312 g/mol. The summed E-state index contributed by atoms with van der Waals surface area (Å²) in [5.41, 5.74) is 2.69. The molecule has 0 spiro atoms. The highest BCUT2D eigenvalue weighted by atomic mass is 32.1. The second-order valence-electron chi connectivity index (χ2n) is 5.10. The average Bonchev–Trinajstić information content (AvgIpc) is 2.83. The van der Waals surface area contributed by atoms with Crippen LogP contribution >= 0.6 is 11.3 Å². The molecule has 0 aliphatic carbocycles. The predicted molar refractivity (Wildman–Crippen MR) is 87.0 cm³/mol. The number of aryl methyl sites for hydroxylation is 3. The summed E-state index contributed by atoms with van der Waals surface area (Å²) in [6.45, 7) is 6.17. The van der Waals surface area contributed by atoms with Crippen molar-refractivity contribution in [3.05, 3.63) is 52.0 Å². The first-order valence-corrected chi connectivity index (χ1v) is 7.80. The van der Waals surface area contributed by atoms with Crippen molar-refractivity contribution in [1.29, 1.82) is 0 Å². The van der Waals surface area contributed by atoms with E-state index in [1.807, 2.05) is 39.0 Å². The molecule has 0 aromatic carbocycles. The van der Waals surface area contributed by atoms with Gasteiger partial charge in [-0.2, -0.15) is 0 Å².